The number of ketones is 1. The fraction of sp³-hybridized carbons (Fsp3) is 0.417. The molecule has 2 aromatic carbocycles. The van der Waals surface area contributed by atoms with E-state index >= 15 is 0 Å². The summed E-state index contributed by atoms with van der Waals surface area (Å²) >= 11 is 0. The summed E-state index contributed by atoms with van der Waals surface area (Å²) in [6, 6.07) is 10.3. The summed E-state index contributed by atoms with van der Waals surface area (Å²) in [4.78, 5) is 11.9. The van der Waals surface area contributed by atoms with Gasteiger partial charge in [-0.3, -0.25) is 4.79 Å². The molecular formula is C24H27FN2O3. The van der Waals surface area contributed by atoms with Gasteiger partial charge in [-0.05, 0) is 76.9 Å². The van der Waals surface area contributed by atoms with Crippen LogP contribution in [0.4, 0.5) is 4.39 Å². The van der Waals surface area contributed by atoms with Crippen LogP contribution in [0.3, 0.4) is 0 Å². The molecule has 1 saturated heterocycles. The van der Waals surface area contributed by atoms with Crippen LogP contribution in [0.2, 0.25) is 0 Å². The molecule has 5 nitrogen and oxygen atoms in total. The van der Waals surface area contributed by atoms with Crippen molar-refractivity contribution in [2.45, 2.75) is 44.9 Å². The van der Waals surface area contributed by atoms with Gasteiger partial charge in [0.15, 0.2) is 11.4 Å². The first kappa shape index (κ1) is 20.5. The third-order valence-corrected chi connectivity index (χ3v) is 6.07. The molecule has 1 aromatic heterocycles. The summed E-state index contributed by atoms with van der Waals surface area (Å²) < 4.78 is 25.0. The predicted molar refractivity (Wildman–Crippen MR) is 114 cm³/mol. The standard InChI is InChI=1S/C24H27FN2O3/c1-16-4-7-21(20(14-16)17(2)28)29-13-3-8-24(9-11-26-12-10-24)23-19-6-5-18(25)15-22(19)30-27-23/h4-7,14-15,26H,3,8-13H2,1-2H3. The van der Waals surface area contributed by atoms with Crippen LogP contribution in [0, 0.1) is 12.7 Å². The highest BCUT2D eigenvalue weighted by Gasteiger charge is 2.37. The van der Waals surface area contributed by atoms with Crippen molar-refractivity contribution in [3.63, 3.8) is 0 Å². The van der Waals surface area contributed by atoms with Gasteiger partial charge < -0.3 is 14.6 Å². The molecule has 30 heavy (non-hydrogen) atoms. The quantitative estimate of drug-likeness (QED) is 0.441. The van der Waals surface area contributed by atoms with Crippen LogP contribution in [0.1, 0.15) is 54.2 Å². The molecule has 6 heteroatoms. The largest absolute Gasteiger partial charge is 0.493 e. The molecule has 4 rings (SSSR count). The molecule has 158 valence electrons. The summed E-state index contributed by atoms with van der Waals surface area (Å²) in [7, 11) is 0. The number of carbonyl (C=O) groups excluding carboxylic acids is 1. The highest BCUT2D eigenvalue weighted by molar-refractivity contribution is 5.97. The minimum absolute atomic E-state index is 0.00447. The molecule has 0 unspecified atom stereocenters. The zero-order valence-electron chi connectivity index (χ0n) is 17.5. The van der Waals surface area contributed by atoms with Gasteiger partial charge in [-0.15, -0.1) is 0 Å². The van der Waals surface area contributed by atoms with E-state index < -0.39 is 0 Å². The number of piperidine rings is 1. The number of hydrogen-bond acceptors (Lipinski definition) is 5. The van der Waals surface area contributed by atoms with Gasteiger partial charge in [-0.25, -0.2) is 4.39 Å². The van der Waals surface area contributed by atoms with Crippen molar-refractivity contribution >= 4 is 16.8 Å². The number of halogens is 1. The van der Waals surface area contributed by atoms with Crippen LogP contribution in [-0.4, -0.2) is 30.6 Å². The molecule has 1 aliphatic rings. The Morgan fingerprint density at radius 1 is 1.23 bits per heavy atom. The van der Waals surface area contributed by atoms with E-state index in [9.17, 15) is 9.18 Å². The molecule has 1 N–H and O–H groups in total. The number of hydrogen-bond donors (Lipinski definition) is 1. The van der Waals surface area contributed by atoms with Crippen molar-refractivity contribution in [1.82, 2.24) is 10.5 Å². The topological polar surface area (TPSA) is 64.4 Å². The smallest absolute Gasteiger partial charge is 0.170 e. The second-order valence-electron chi connectivity index (χ2n) is 8.21. The van der Waals surface area contributed by atoms with Crippen molar-refractivity contribution in [2.24, 2.45) is 0 Å². The van der Waals surface area contributed by atoms with E-state index in [1.807, 2.05) is 25.1 Å². The Morgan fingerprint density at radius 3 is 2.80 bits per heavy atom. The Balaban J connectivity index is 1.50. The third-order valence-electron chi connectivity index (χ3n) is 6.07. The monoisotopic (exact) mass is 410 g/mol. The molecule has 0 bridgehead atoms. The van der Waals surface area contributed by atoms with Gasteiger partial charge in [0.1, 0.15) is 11.6 Å². The maximum absolute atomic E-state index is 13.6. The number of nitrogens with zero attached hydrogens (tertiary/aromatic N) is 1. The fourth-order valence-electron chi connectivity index (χ4n) is 4.44. The molecule has 0 radical (unpaired) electrons. The summed E-state index contributed by atoms with van der Waals surface area (Å²) in [6.07, 6.45) is 3.58. The van der Waals surface area contributed by atoms with Crippen molar-refractivity contribution in [1.29, 1.82) is 0 Å². The Kier molecular flexibility index (Phi) is 5.86. The number of rotatable bonds is 7. The van der Waals surface area contributed by atoms with Crippen LogP contribution < -0.4 is 10.1 Å². The molecule has 0 saturated carbocycles. The van der Waals surface area contributed by atoms with Gasteiger partial charge in [0, 0.05) is 16.9 Å². The fourth-order valence-corrected chi connectivity index (χ4v) is 4.44. The minimum Gasteiger partial charge on any atom is -0.493 e. The van der Waals surface area contributed by atoms with E-state index in [1.54, 1.807) is 13.0 Å². The van der Waals surface area contributed by atoms with E-state index in [0.717, 1.165) is 55.4 Å². The van der Waals surface area contributed by atoms with Crippen molar-refractivity contribution < 1.29 is 18.4 Å². The Bertz CT molecular complexity index is 1050. The Morgan fingerprint density at radius 2 is 2.03 bits per heavy atom. The minimum atomic E-state index is -0.322. The molecule has 3 aromatic rings. The average molecular weight is 410 g/mol. The first-order chi connectivity index (χ1) is 14.5. The maximum Gasteiger partial charge on any atom is 0.170 e. The van der Waals surface area contributed by atoms with Crippen LogP contribution in [0.25, 0.3) is 11.0 Å². The first-order valence-electron chi connectivity index (χ1n) is 10.5. The van der Waals surface area contributed by atoms with Crippen LogP contribution in [0.15, 0.2) is 40.9 Å². The molecule has 1 aliphatic heterocycles. The number of Topliss-reactive ketones (excluding diaryl/α,β-unsaturated/α-hetero) is 1. The summed E-state index contributed by atoms with van der Waals surface area (Å²) in [5.41, 5.74) is 2.93. The molecule has 0 amide bonds. The lowest BCUT2D eigenvalue weighted by Crippen LogP contribution is -2.40. The lowest BCUT2D eigenvalue weighted by molar-refractivity contribution is 0.101. The lowest BCUT2D eigenvalue weighted by Gasteiger charge is -2.36. The van der Waals surface area contributed by atoms with Gasteiger partial charge in [0.25, 0.3) is 0 Å². The normalized spacial score (nSPS) is 16.0. The van der Waals surface area contributed by atoms with E-state index in [0.29, 0.717) is 23.5 Å². The van der Waals surface area contributed by atoms with E-state index in [4.69, 9.17) is 9.26 Å². The number of aryl methyl sites for hydroxylation is 1. The highest BCUT2D eigenvalue weighted by Crippen LogP contribution is 2.41. The van der Waals surface area contributed by atoms with Gasteiger partial charge in [0.2, 0.25) is 0 Å². The molecule has 0 spiro atoms. The van der Waals surface area contributed by atoms with Crippen molar-refractivity contribution in [3.8, 4) is 5.75 Å². The van der Waals surface area contributed by atoms with Gasteiger partial charge in [-0.1, -0.05) is 16.8 Å². The van der Waals surface area contributed by atoms with Gasteiger partial charge >= 0.3 is 0 Å². The van der Waals surface area contributed by atoms with Gasteiger partial charge in [-0.2, -0.15) is 0 Å². The SMILES string of the molecule is CC(=O)c1cc(C)ccc1OCCCC1(c2noc3cc(F)ccc23)CCNCC1. The molecule has 0 atom stereocenters. The molecule has 2 heterocycles. The molecule has 1 fully saturated rings. The van der Waals surface area contributed by atoms with Crippen molar-refractivity contribution in [2.75, 3.05) is 19.7 Å². The second kappa shape index (κ2) is 8.56. The zero-order valence-corrected chi connectivity index (χ0v) is 17.5. The van der Waals surface area contributed by atoms with Gasteiger partial charge in [0.05, 0.1) is 17.9 Å². The lowest BCUT2D eigenvalue weighted by atomic mass is 9.72. The number of benzene rings is 2. The maximum atomic E-state index is 13.6. The Hall–Kier alpha value is -2.73. The van der Waals surface area contributed by atoms with E-state index in [-0.39, 0.29) is 17.0 Å². The van der Waals surface area contributed by atoms with Crippen LogP contribution >= 0.6 is 0 Å². The molecule has 0 aliphatic carbocycles. The first-order valence-corrected chi connectivity index (χ1v) is 10.5. The van der Waals surface area contributed by atoms with E-state index in [2.05, 4.69) is 10.5 Å². The zero-order chi connectivity index (χ0) is 21.1. The number of nitrogens with one attached hydrogen (secondary N) is 1. The summed E-state index contributed by atoms with van der Waals surface area (Å²) in [5, 5.41) is 8.66. The highest BCUT2D eigenvalue weighted by atomic mass is 19.1. The number of ether oxygens (including phenoxy) is 1. The Labute approximate surface area is 175 Å². The van der Waals surface area contributed by atoms with Crippen LogP contribution in [-0.2, 0) is 5.41 Å². The predicted octanol–water partition coefficient (Wildman–Crippen LogP) is 4.96. The second-order valence-corrected chi connectivity index (χ2v) is 8.21. The third kappa shape index (κ3) is 4.10. The summed E-state index contributed by atoms with van der Waals surface area (Å²) in [6.45, 7) is 5.85. The van der Waals surface area contributed by atoms with Crippen LogP contribution in [0.5, 0.6) is 5.75 Å². The average Bonchev–Trinajstić information content (AvgIpc) is 3.16. The summed E-state index contributed by atoms with van der Waals surface area (Å²) in [5.74, 6) is 0.317. The number of carbonyl (C=O) groups is 1. The molecular weight excluding hydrogens is 383 g/mol. The number of fused-ring (bicyclic) bond motifs is 1. The van der Waals surface area contributed by atoms with E-state index in [1.165, 1.54) is 12.1 Å². The number of aromatic nitrogens is 1. The van der Waals surface area contributed by atoms with Crippen molar-refractivity contribution in [3.05, 3.63) is 59.0 Å².